The largest absolute Gasteiger partial charge is 0.470 e. The molecule has 30 heavy (non-hydrogen) atoms. The first-order valence-electron chi connectivity index (χ1n) is 8.88. The van der Waals surface area contributed by atoms with E-state index in [1.54, 1.807) is 26.0 Å². The molecule has 2 rings (SSSR count). The molecule has 2 aromatic heterocycles. The van der Waals surface area contributed by atoms with Gasteiger partial charge in [0.25, 0.3) is 5.91 Å². The highest BCUT2D eigenvalue weighted by Gasteiger charge is 2.41. The van der Waals surface area contributed by atoms with Gasteiger partial charge >= 0.3 is 12.3 Å². The lowest BCUT2D eigenvalue weighted by molar-refractivity contribution is -0.148. The number of nitrogens with one attached hydrogen (secondary N) is 1. The number of aromatic nitrogens is 3. The van der Waals surface area contributed by atoms with Crippen molar-refractivity contribution in [3.63, 3.8) is 0 Å². The van der Waals surface area contributed by atoms with Crippen LogP contribution in [0.15, 0.2) is 24.3 Å². The molecule has 0 aliphatic heterocycles. The van der Waals surface area contributed by atoms with Gasteiger partial charge in [0.15, 0.2) is 12.3 Å². The van der Waals surface area contributed by atoms with Crippen LogP contribution in [0.3, 0.4) is 0 Å². The topological polar surface area (TPSA) is 94.1 Å². The Labute approximate surface area is 169 Å². The maximum atomic E-state index is 12.9. The lowest BCUT2D eigenvalue weighted by Gasteiger charge is -2.16. The number of nitrogens with zero attached hydrogens (tertiary/aromatic N) is 3. The predicted molar refractivity (Wildman–Crippen MR) is 97.7 cm³/mol. The van der Waals surface area contributed by atoms with Gasteiger partial charge in [-0.25, -0.2) is 8.78 Å². The van der Waals surface area contributed by atoms with E-state index in [0.717, 1.165) is 11.6 Å². The van der Waals surface area contributed by atoms with Crippen molar-refractivity contribution >= 4 is 11.7 Å². The summed E-state index contributed by atoms with van der Waals surface area (Å²) in [5, 5.41) is 9.71. The highest BCUT2D eigenvalue weighted by molar-refractivity contribution is 5.92. The van der Waals surface area contributed by atoms with Crippen LogP contribution in [-0.2, 0) is 11.2 Å². The standard InChI is InChI=1S/C19H20F4N4O3/c1-10-6-13(8-14(24-10)7-11(2)28)12(3)25-17(29)15-4-5-16(27-26-15)30-9-19(22,23)18(20)21/h4-6,8,12,18H,7,9H2,1-3H3,(H,25,29). The Morgan fingerprint density at radius 2 is 1.90 bits per heavy atom. The third kappa shape index (κ3) is 6.46. The van der Waals surface area contributed by atoms with Crippen LogP contribution in [-0.4, -0.2) is 45.8 Å². The predicted octanol–water partition coefficient (Wildman–Crippen LogP) is 3.08. The number of pyridine rings is 1. The van der Waals surface area contributed by atoms with Crippen molar-refractivity contribution in [2.45, 2.75) is 45.6 Å². The number of amides is 1. The van der Waals surface area contributed by atoms with Gasteiger partial charge < -0.3 is 10.1 Å². The van der Waals surface area contributed by atoms with Crippen LogP contribution in [0.25, 0.3) is 0 Å². The molecule has 0 fully saturated rings. The number of rotatable bonds is 9. The quantitative estimate of drug-likeness (QED) is 0.617. The van der Waals surface area contributed by atoms with E-state index in [4.69, 9.17) is 0 Å². The molecule has 1 N–H and O–H groups in total. The Morgan fingerprint density at radius 1 is 1.20 bits per heavy atom. The highest BCUT2D eigenvalue weighted by atomic mass is 19.3. The highest BCUT2D eigenvalue weighted by Crippen LogP contribution is 2.23. The number of hydrogen-bond acceptors (Lipinski definition) is 6. The van der Waals surface area contributed by atoms with Gasteiger partial charge in [0.1, 0.15) is 5.78 Å². The van der Waals surface area contributed by atoms with Gasteiger partial charge in [0.2, 0.25) is 5.88 Å². The van der Waals surface area contributed by atoms with Crippen LogP contribution in [0.2, 0.25) is 0 Å². The van der Waals surface area contributed by atoms with Crippen molar-refractivity contribution in [3.8, 4) is 5.88 Å². The Balaban J connectivity index is 2.02. The van der Waals surface area contributed by atoms with Crippen molar-refractivity contribution in [3.05, 3.63) is 46.9 Å². The van der Waals surface area contributed by atoms with Crippen LogP contribution in [0, 0.1) is 6.92 Å². The first kappa shape index (κ1) is 23.2. The Morgan fingerprint density at radius 3 is 2.47 bits per heavy atom. The molecule has 0 aliphatic carbocycles. The molecule has 0 aliphatic rings. The second kappa shape index (κ2) is 9.59. The van der Waals surface area contributed by atoms with Gasteiger partial charge in [-0.3, -0.25) is 14.6 Å². The molecule has 1 amide bonds. The van der Waals surface area contributed by atoms with Gasteiger partial charge in [0.05, 0.1) is 6.04 Å². The molecule has 7 nitrogen and oxygen atoms in total. The molecule has 162 valence electrons. The maximum absolute atomic E-state index is 12.9. The number of alkyl halides is 4. The Kier molecular flexibility index (Phi) is 7.41. The Hall–Kier alpha value is -3.11. The second-order valence-corrected chi connectivity index (χ2v) is 6.71. The fourth-order valence-corrected chi connectivity index (χ4v) is 2.47. The molecule has 0 aromatic carbocycles. The van der Waals surface area contributed by atoms with E-state index >= 15 is 0 Å². The van der Waals surface area contributed by atoms with Crippen LogP contribution in [0.5, 0.6) is 5.88 Å². The molecular weight excluding hydrogens is 408 g/mol. The summed E-state index contributed by atoms with van der Waals surface area (Å²) in [7, 11) is 0. The SMILES string of the molecule is CC(=O)Cc1cc(C(C)NC(=O)c2ccc(OCC(F)(F)C(F)F)nn2)cc(C)n1. The van der Waals surface area contributed by atoms with Crippen molar-refractivity contribution in [1.82, 2.24) is 20.5 Å². The van der Waals surface area contributed by atoms with E-state index in [-0.39, 0.29) is 17.9 Å². The fourth-order valence-electron chi connectivity index (χ4n) is 2.47. The smallest absolute Gasteiger partial charge is 0.340 e. The van der Waals surface area contributed by atoms with Crippen molar-refractivity contribution in [2.75, 3.05) is 6.61 Å². The molecule has 1 atom stereocenters. The van der Waals surface area contributed by atoms with E-state index in [1.807, 2.05) is 0 Å². The molecule has 2 aromatic rings. The van der Waals surface area contributed by atoms with Gasteiger partial charge in [-0.05, 0) is 44.5 Å². The first-order chi connectivity index (χ1) is 14.0. The van der Waals surface area contributed by atoms with E-state index in [2.05, 4.69) is 25.2 Å². The van der Waals surface area contributed by atoms with Gasteiger partial charge in [-0.2, -0.15) is 8.78 Å². The summed E-state index contributed by atoms with van der Waals surface area (Å²) >= 11 is 0. The lowest BCUT2D eigenvalue weighted by atomic mass is 10.1. The number of Topliss-reactive ketones (excluding diaryl/α,β-unsaturated/α-hetero) is 1. The normalized spacial score (nSPS) is 12.5. The minimum absolute atomic E-state index is 0.0420. The summed E-state index contributed by atoms with van der Waals surface area (Å²) in [5.74, 6) is -5.38. The van der Waals surface area contributed by atoms with Crippen molar-refractivity contribution in [1.29, 1.82) is 0 Å². The number of hydrogen-bond donors (Lipinski definition) is 1. The molecule has 0 saturated carbocycles. The number of ether oxygens (including phenoxy) is 1. The molecular formula is C19H20F4N4O3. The van der Waals surface area contributed by atoms with Crippen molar-refractivity contribution in [2.24, 2.45) is 0 Å². The number of ketones is 1. The van der Waals surface area contributed by atoms with E-state index in [1.165, 1.54) is 13.0 Å². The third-order valence-corrected chi connectivity index (χ3v) is 3.91. The molecule has 0 spiro atoms. The Bertz CT molecular complexity index is 907. The average Bonchev–Trinajstić information content (AvgIpc) is 2.65. The molecule has 11 heteroatoms. The fraction of sp³-hybridized carbons (Fsp3) is 0.421. The number of carbonyl (C=O) groups is 2. The minimum Gasteiger partial charge on any atom is -0.470 e. The number of aryl methyl sites for hydroxylation is 1. The number of halogens is 4. The van der Waals surface area contributed by atoms with Crippen LogP contribution < -0.4 is 10.1 Å². The van der Waals surface area contributed by atoms with Crippen LogP contribution in [0.4, 0.5) is 17.6 Å². The first-order valence-corrected chi connectivity index (χ1v) is 8.88. The molecule has 1 unspecified atom stereocenters. The molecule has 2 heterocycles. The van der Waals surface area contributed by atoms with Gasteiger partial charge in [-0.15, -0.1) is 10.2 Å². The monoisotopic (exact) mass is 428 g/mol. The van der Waals surface area contributed by atoms with Crippen LogP contribution >= 0.6 is 0 Å². The van der Waals surface area contributed by atoms with Gasteiger partial charge in [-0.1, -0.05) is 0 Å². The number of carbonyl (C=O) groups excluding carboxylic acids is 2. The lowest BCUT2D eigenvalue weighted by Crippen LogP contribution is -2.34. The average molecular weight is 428 g/mol. The summed E-state index contributed by atoms with van der Waals surface area (Å²) in [6.45, 7) is 3.38. The molecule has 0 saturated heterocycles. The zero-order valence-corrected chi connectivity index (χ0v) is 16.5. The summed E-state index contributed by atoms with van der Waals surface area (Å²) in [6, 6.07) is 5.28. The summed E-state index contributed by atoms with van der Waals surface area (Å²) in [5.41, 5.74) is 1.88. The maximum Gasteiger partial charge on any atom is 0.340 e. The third-order valence-electron chi connectivity index (χ3n) is 3.91. The van der Waals surface area contributed by atoms with Crippen LogP contribution in [0.1, 0.15) is 47.3 Å². The van der Waals surface area contributed by atoms with E-state index < -0.39 is 36.8 Å². The van der Waals surface area contributed by atoms with Gasteiger partial charge in [0, 0.05) is 23.9 Å². The summed E-state index contributed by atoms with van der Waals surface area (Å²) in [4.78, 5) is 27.9. The van der Waals surface area contributed by atoms with E-state index in [0.29, 0.717) is 11.4 Å². The molecule has 0 radical (unpaired) electrons. The second-order valence-electron chi connectivity index (χ2n) is 6.71. The van der Waals surface area contributed by atoms with E-state index in [9.17, 15) is 27.2 Å². The van der Waals surface area contributed by atoms with Crippen molar-refractivity contribution < 1.29 is 31.9 Å². The zero-order valence-electron chi connectivity index (χ0n) is 16.5. The molecule has 0 bridgehead atoms. The minimum atomic E-state index is -4.32. The summed E-state index contributed by atoms with van der Waals surface area (Å²) in [6.07, 6.45) is -3.70. The summed E-state index contributed by atoms with van der Waals surface area (Å²) < 4.78 is 54.5. The zero-order chi connectivity index (χ0) is 22.5.